The van der Waals surface area contributed by atoms with Crippen LogP contribution in [0.2, 0.25) is 0 Å². The summed E-state index contributed by atoms with van der Waals surface area (Å²) in [6.45, 7) is 1.24. The van der Waals surface area contributed by atoms with Crippen LogP contribution in [-0.2, 0) is 6.54 Å². The molecule has 0 amide bonds. The lowest BCUT2D eigenvalue weighted by molar-refractivity contribution is 0.178. The van der Waals surface area contributed by atoms with E-state index in [-0.39, 0.29) is 0 Å². The smallest absolute Gasteiger partial charge is 0.101 e. The lowest BCUT2D eigenvalue weighted by Gasteiger charge is -2.09. The Labute approximate surface area is 98.8 Å². The van der Waals surface area contributed by atoms with Crippen molar-refractivity contribution < 1.29 is 5.11 Å². The normalized spacial score (nSPS) is 12.6. The predicted molar refractivity (Wildman–Crippen MR) is 65.2 cm³/mol. The number of aliphatic hydroxyl groups is 1. The molecule has 0 aliphatic rings. The first-order valence-corrected chi connectivity index (χ1v) is 6.06. The first kappa shape index (κ1) is 11.3. The SMILES string of the molecule is OC(CNCc1ccccn1)c1cccs1. The zero-order valence-corrected chi connectivity index (χ0v) is 9.65. The Bertz CT molecular complexity index is 402. The number of nitrogens with zero attached hydrogens (tertiary/aromatic N) is 1. The van der Waals surface area contributed by atoms with Crippen molar-refractivity contribution in [1.29, 1.82) is 0 Å². The minimum Gasteiger partial charge on any atom is -0.386 e. The van der Waals surface area contributed by atoms with Crippen molar-refractivity contribution in [3.8, 4) is 0 Å². The number of aromatic nitrogens is 1. The van der Waals surface area contributed by atoms with E-state index in [9.17, 15) is 5.11 Å². The van der Waals surface area contributed by atoms with Gasteiger partial charge in [-0.1, -0.05) is 12.1 Å². The maximum absolute atomic E-state index is 9.81. The van der Waals surface area contributed by atoms with Crippen molar-refractivity contribution in [2.75, 3.05) is 6.54 Å². The van der Waals surface area contributed by atoms with E-state index in [2.05, 4.69) is 10.3 Å². The number of hydrogen-bond acceptors (Lipinski definition) is 4. The van der Waals surface area contributed by atoms with Gasteiger partial charge in [0, 0.05) is 24.2 Å². The van der Waals surface area contributed by atoms with Crippen molar-refractivity contribution in [3.63, 3.8) is 0 Å². The second-order valence-electron chi connectivity index (χ2n) is 3.48. The van der Waals surface area contributed by atoms with E-state index in [4.69, 9.17) is 0 Å². The van der Waals surface area contributed by atoms with Crippen LogP contribution in [0.5, 0.6) is 0 Å². The molecule has 0 spiro atoms. The molecule has 0 aliphatic heterocycles. The standard InChI is InChI=1S/C12H14N2OS/c15-11(12-5-3-7-16-12)9-13-8-10-4-1-2-6-14-10/h1-7,11,13,15H,8-9H2. The molecule has 0 fully saturated rings. The molecule has 2 aromatic heterocycles. The Morgan fingerprint density at radius 3 is 2.94 bits per heavy atom. The van der Waals surface area contributed by atoms with Crippen LogP contribution in [0.15, 0.2) is 41.9 Å². The van der Waals surface area contributed by atoms with Gasteiger partial charge in [-0.05, 0) is 23.6 Å². The Hall–Kier alpha value is -1.23. The van der Waals surface area contributed by atoms with Crippen molar-refractivity contribution in [2.24, 2.45) is 0 Å². The van der Waals surface area contributed by atoms with Gasteiger partial charge in [-0.25, -0.2) is 0 Å². The first-order chi connectivity index (χ1) is 7.86. The number of pyridine rings is 1. The predicted octanol–water partition coefficient (Wildman–Crippen LogP) is 1.97. The second kappa shape index (κ2) is 5.75. The molecule has 3 nitrogen and oxygen atoms in total. The van der Waals surface area contributed by atoms with Crippen LogP contribution >= 0.6 is 11.3 Å². The molecule has 0 aromatic carbocycles. The molecule has 2 aromatic rings. The lowest BCUT2D eigenvalue weighted by Crippen LogP contribution is -2.20. The largest absolute Gasteiger partial charge is 0.386 e. The maximum atomic E-state index is 9.81. The van der Waals surface area contributed by atoms with Crippen molar-refractivity contribution in [3.05, 3.63) is 52.5 Å². The number of thiophene rings is 1. The van der Waals surface area contributed by atoms with E-state index in [0.29, 0.717) is 13.1 Å². The van der Waals surface area contributed by atoms with Crippen LogP contribution in [0.25, 0.3) is 0 Å². The highest BCUT2D eigenvalue weighted by Gasteiger charge is 2.07. The van der Waals surface area contributed by atoms with E-state index in [1.807, 2.05) is 35.7 Å². The van der Waals surface area contributed by atoms with Gasteiger partial charge in [0.2, 0.25) is 0 Å². The van der Waals surface area contributed by atoms with Gasteiger partial charge >= 0.3 is 0 Å². The van der Waals surface area contributed by atoms with Gasteiger partial charge < -0.3 is 10.4 Å². The van der Waals surface area contributed by atoms with Gasteiger partial charge in [0.05, 0.1) is 5.69 Å². The summed E-state index contributed by atoms with van der Waals surface area (Å²) < 4.78 is 0. The summed E-state index contributed by atoms with van der Waals surface area (Å²) in [5, 5.41) is 15.0. The average molecular weight is 234 g/mol. The summed E-state index contributed by atoms with van der Waals surface area (Å²) in [5.41, 5.74) is 0.987. The molecular formula is C12H14N2OS. The highest BCUT2D eigenvalue weighted by atomic mass is 32.1. The van der Waals surface area contributed by atoms with E-state index in [1.165, 1.54) is 0 Å². The number of aliphatic hydroxyl groups excluding tert-OH is 1. The zero-order valence-electron chi connectivity index (χ0n) is 8.84. The quantitative estimate of drug-likeness (QED) is 0.831. The lowest BCUT2D eigenvalue weighted by atomic mass is 10.3. The molecule has 84 valence electrons. The molecule has 0 saturated heterocycles. The third kappa shape index (κ3) is 3.13. The number of nitrogens with one attached hydrogen (secondary N) is 1. The minimum atomic E-state index is -0.427. The van der Waals surface area contributed by atoms with Crippen molar-refractivity contribution in [2.45, 2.75) is 12.6 Å². The summed E-state index contributed by atoms with van der Waals surface area (Å²) >= 11 is 1.57. The van der Waals surface area contributed by atoms with Crippen LogP contribution in [0.3, 0.4) is 0 Å². The van der Waals surface area contributed by atoms with E-state index >= 15 is 0 Å². The average Bonchev–Trinajstić information content (AvgIpc) is 2.84. The molecule has 0 radical (unpaired) electrons. The molecular weight excluding hydrogens is 220 g/mol. The van der Waals surface area contributed by atoms with E-state index in [0.717, 1.165) is 10.6 Å². The Balaban J connectivity index is 1.76. The van der Waals surface area contributed by atoms with Gasteiger partial charge in [0.1, 0.15) is 6.10 Å². The Morgan fingerprint density at radius 1 is 1.31 bits per heavy atom. The topological polar surface area (TPSA) is 45.1 Å². The van der Waals surface area contributed by atoms with Crippen LogP contribution in [0.4, 0.5) is 0 Å². The van der Waals surface area contributed by atoms with Gasteiger partial charge in [-0.3, -0.25) is 4.98 Å². The molecule has 2 N–H and O–H groups in total. The molecule has 1 unspecified atom stereocenters. The molecule has 1 atom stereocenters. The zero-order chi connectivity index (χ0) is 11.2. The second-order valence-corrected chi connectivity index (χ2v) is 4.46. The van der Waals surface area contributed by atoms with E-state index in [1.54, 1.807) is 17.5 Å². The third-order valence-electron chi connectivity index (χ3n) is 2.24. The van der Waals surface area contributed by atoms with Crippen LogP contribution in [0, 0.1) is 0 Å². The molecule has 2 heterocycles. The van der Waals surface area contributed by atoms with E-state index < -0.39 is 6.10 Å². The summed E-state index contributed by atoms with van der Waals surface area (Å²) in [6, 6.07) is 9.70. The first-order valence-electron chi connectivity index (χ1n) is 5.18. The Morgan fingerprint density at radius 2 is 2.25 bits per heavy atom. The van der Waals surface area contributed by atoms with Gasteiger partial charge in [0.25, 0.3) is 0 Å². The van der Waals surface area contributed by atoms with Gasteiger partial charge in [0.15, 0.2) is 0 Å². The fraction of sp³-hybridized carbons (Fsp3) is 0.250. The van der Waals surface area contributed by atoms with Crippen LogP contribution in [-0.4, -0.2) is 16.6 Å². The van der Waals surface area contributed by atoms with Gasteiger partial charge in [-0.2, -0.15) is 0 Å². The third-order valence-corrected chi connectivity index (χ3v) is 3.22. The summed E-state index contributed by atoms with van der Waals surface area (Å²) in [5.74, 6) is 0. The summed E-state index contributed by atoms with van der Waals surface area (Å²) in [6.07, 6.45) is 1.34. The van der Waals surface area contributed by atoms with Crippen molar-refractivity contribution >= 4 is 11.3 Å². The van der Waals surface area contributed by atoms with Gasteiger partial charge in [-0.15, -0.1) is 11.3 Å². The summed E-state index contributed by atoms with van der Waals surface area (Å²) in [4.78, 5) is 5.19. The fourth-order valence-corrected chi connectivity index (χ4v) is 2.13. The highest BCUT2D eigenvalue weighted by Crippen LogP contribution is 2.17. The molecule has 4 heteroatoms. The van der Waals surface area contributed by atoms with Crippen LogP contribution < -0.4 is 5.32 Å². The maximum Gasteiger partial charge on any atom is 0.101 e. The fourth-order valence-electron chi connectivity index (χ4n) is 1.42. The minimum absolute atomic E-state index is 0.427. The molecule has 0 aliphatic carbocycles. The number of hydrogen-bond donors (Lipinski definition) is 2. The monoisotopic (exact) mass is 234 g/mol. The van der Waals surface area contributed by atoms with Crippen LogP contribution in [0.1, 0.15) is 16.7 Å². The summed E-state index contributed by atoms with van der Waals surface area (Å²) in [7, 11) is 0. The molecule has 0 bridgehead atoms. The molecule has 2 rings (SSSR count). The molecule has 16 heavy (non-hydrogen) atoms. The van der Waals surface area contributed by atoms with Crippen molar-refractivity contribution in [1.82, 2.24) is 10.3 Å². The molecule has 0 saturated carbocycles. The Kier molecular flexibility index (Phi) is 4.04. The number of rotatable bonds is 5. The highest BCUT2D eigenvalue weighted by molar-refractivity contribution is 7.10.